The molecular formula is C13H20FN. The van der Waals surface area contributed by atoms with Gasteiger partial charge in [0.15, 0.2) is 0 Å². The van der Waals surface area contributed by atoms with Gasteiger partial charge in [0.2, 0.25) is 0 Å². The molecular weight excluding hydrogens is 189 g/mol. The van der Waals surface area contributed by atoms with E-state index >= 15 is 0 Å². The molecule has 0 bridgehead atoms. The zero-order valence-corrected chi connectivity index (χ0v) is 9.81. The summed E-state index contributed by atoms with van der Waals surface area (Å²) in [6, 6.07) is 5.17. The SMILES string of the molecule is CCC(CC)CNc1cc(C)ccc1F. The molecule has 0 atom stereocenters. The summed E-state index contributed by atoms with van der Waals surface area (Å²) in [4.78, 5) is 0. The van der Waals surface area contributed by atoms with Gasteiger partial charge in [-0.2, -0.15) is 0 Å². The van der Waals surface area contributed by atoms with E-state index in [1.807, 2.05) is 13.0 Å². The van der Waals surface area contributed by atoms with Crippen molar-refractivity contribution in [2.75, 3.05) is 11.9 Å². The third-order valence-corrected chi connectivity index (χ3v) is 2.86. The second-order valence-corrected chi connectivity index (χ2v) is 4.05. The van der Waals surface area contributed by atoms with Gasteiger partial charge < -0.3 is 5.32 Å². The number of halogens is 1. The molecule has 0 heterocycles. The van der Waals surface area contributed by atoms with Gasteiger partial charge in [-0.25, -0.2) is 4.39 Å². The minimum atomic E-state index is -0.161. The van der Waals surface area contributed by atoms with Crippen LogP contribution in [0, 0.1) is 18.7 Å². The van der Waals surface area contributed by atoms with Gasteiger partial charge in [0.25, 0.3) is 0 Å². The van der Waals surface area contributed by atoms with Crippen molar-refractivity contribution in [3.05, 3.63) is 29.6 Å². The molecule has 1 nitrogen and oxygen atoms in total. The predicted molar refractivity (Wildman–Crippen MR) is 63.7 cm³/mol. The molecule has 0 saturated heterocycles. The zero-order chi connectivity index (χ0) is 11.3. The van der Waals surface area contributed by atoms with Crippen LogP contribution < -0.4 is 5.32 Å². The van der Waals surface area contributed by atoms with E-state index in [1.165, 1.54) is 6.07 Å². The highest BCUT2D eigenvalue weighted by Gasteiger charge is 2.05. The lowest BCUT2D eigenvalue weighted by atomic mass is 10.0. The van der Waals surface area contributed by atoms with E-state index in [1.54, 1.807) is 6.07 Å². The molecule has 0 saturated carbocycles. The number of aryl methyl sites for hydroxylation is 1. The predicted octanol–water partition coefficient (Wildman–Crippen LogP) is 3.98. The third kappa shape index (κ3) is 3.54. The van der Waals surface area contributed by atoms with Crippen LogP contribution in [-0.4, -0.2) is 6.54 Å². The van der Waals surface area contributed by atoms with Crippen molar-refractivity contribution in [3.8, 4) is 0 Å². The molecule has 0 unspecified atom stereocenters. The van der Waals surface area contributed by atoms with Crippen LogP contribution in [0.4, 0.5) is 10.1 Å². The highest BCUT2D eigenvalue weighted by Crippen LogP contribution is 2.17. The Labute approximate surface area is 91.7 Å². The van der Waals surface area contributed by atoms with Crippen LogP contribution in [0.3, 0.4) is 0 Å². The summed E-state index contributed by atoms with van der Waals surface area (Å²) in [5.41, 5.74) is 1.71. The minimum Gasteiger partial charge on any atom is -0.382 e. The molecule has 0 fully saturated rings. The van der Waals surface area contributed by atoms with E-state index in [2.05, 4.69) is 19.2 Å². The summed E-state index contributed by atoms with van der Waals surface area (Å²) in [7, 11) is 0. The third-order valence-electron chi connectivity index (χ3n) is 2.86. The Morgan fingerprint density at radius 2 is 1.93 bits per heavy atom. The molecule has 0 aromatic heterocycles. The number of nitrogens with one attached hydrogen (secondary N) is 1. The van der Waals surface area contributed by atoms with Gasteiger partial charge in [0.05, 0.1) is 5.69 Å². The number of benzene rings is 1. The van der Waals surface area contributed by atoms with Gasteiger partial charge >= 0.3 is 0 Å². The molecule has 0 aliphatic rings. The fraction of sp³-hybridized carbons (Fsp3) is 0.538. The van der Waals surface area contributed by atoms with Crippen molar-refractivity contribution in [2.45, 2.75) is 33.6 Å². The van der Waals surface area contributed by atoms with Crippen molar-refractivity contribution in [2.24, 2.45) is 5.92 Å². The Bertz CT molecular complexity index is 305. The Balaban J connectivity index is 2.60. The summed E-state index contributed by atoms with van der Waals surface area (Å²) in [5.74, 6) is 0.469. The average molecular weight is 209 g/mol. The average Bonchev–Trinajstić information content (AvgIpc) is 2.24. The number of anilines is 1. The molecule has 2 heteroatoms. The van der Waals surface area contributed by atoms with Gasteiger partial charge in [-0.3, -0.25) is 0 Å². The second kappa shape index (κ2) is 5.74. The van der Waals surface area contributed by atoms with Crippen LogP contribution in [0.25, 0.3) is 0 Å². The van der Waals surface area contributed by atoms with Crippen LogP contribution in [0.5, 0.6) is 0 Å². The minimum absolute atomic E-state index is 0.161. The van der Waals surface area contributed by atoms with Crippen LogP contribution >= 0.6 is 0 Å². The fourth-order valence-electron chi connectivity index (χ4n) is 1.61. The first kappa shape index (κ1) is 12.0. The van der Waals surface area contributed by atoms with Crippen LogP contribution in [-0.2, 0) is 0 Å². The molecule has 1 aromatic carbocycles. The van der Waals surface area contributed by atoms with E-state index in [4.69, 9.17) is 0 Å². The largest absolute Gasteiger partial charge is 0.382 e. The molecule has 1 N–H and O–H groups in total. The summed E-state index contributed by atoms with van der Waals surface area (Å²) in [5, 5.41) is 3.18. The number of rotatable bonds is 5. The first-order valence-corrected chi connectivity index (χ1v) is 5.67. The quantitative estimate of drug-likeness (QED) is 0.773. The van der Waals surface area contributed by atoms with E-state index in [9.17, 15) is 4.39 Å². The van der Waals surface area contributed by atoms with Crippen LogP contribution in [0.15, 0.2) is 18.2 Å². The standard InChI is InChI=1S/C13H20FN/c1-4-11(5-2)9-15-13-8-10(3)6-7-12(13)14/h6-8,11,15H,4-5,9H2,1-3H3. The van der Waals surface area contributed by atoms with Gasteiger partial charge in [0, 0.05) is 6.54 Å². The topological polar surface area (TPSA) is 12.0 Å². The Hall–Kier alpha value is -1.05. The van der Waals surface area contributed by atoms with E-state index in [-0.39, 0.29) is 5.82 Å². The zero-order valence-electron chi connectivity index (χ0n) is 9.81. The van der Waals surface area contributed by atoms with Gasteiger partial charge in [0.1, 0.15) is 5.82 Å². The molecule has 15 heavy (non-hydrogen) atoms. The lowest BCUT2D eigenvalue weighted by Gasteiger charge is -2.15. The molecule has 1 rings (SSSR count). The van der Waals surface area contributed by atoms with Gasteiger partial charge in [-0.15, -0.1) is 0 Å². The molecule has 0 amide bonds. The Morgan fingerprint density at radius 1 is 1.27 bits per heavy atom. The Morgan fingerprint density at radius 3 is 2.53 bits per heavy atom. The molecule has 0 spiro atoms. The summed E-state index contributed by atoms with van der Waals surface area (Å²) in [6.45, 7) is 7.17. The summed E-state index contributed by atoms with van der Waals surface area (Å²) >= 11 is 0. The fourth-order valence-corrected chi connectivity index (χ4v) is 1.61. The highest BCUT2D eigenvalue weighted by atomic mass is 19.1. The smallest absolute Gasteiger partial charge is 0.146 e. The monoisotopic (exact) mass is 209 g/mol. The molecule has 1 aromatic rings. The van der Waals surface area contributed by atoms with Gasteiger partial charge in [-0.05, 0) is 30.5 Å². The molecule has 0 aliphatic heterocycles. The maximum absolute atomic E-state index is 13.4. The van der Waals surface area contributed by atoms with Crippen molar-refractivity contribution >= 4 is 5.69 Å². The maximum atomic E-state index is 13.4. The van der Waals surface area contributed by atoms with Crippen LogP contribution in [0.2, 0.25) is 0 Å². The first-order valence-electron chi connectivity index (χ1n) is 5.67. The van der Waals surface area contributed by atoms with E-state index < -0.39 is 0 Å². The lowest BCUT2D eigenvalue weighted by Crippen LogP contribution is -2.13. The van der Waals surface area contributed by atoms with Crippen molar-refractivity contribution in [1.82, 2.24) is 0 Å². The van der Waals surface area contributed by atoms with Crippen LogP contribution in [0.1, 0.15) is 32.3 Å². The molecule has 0 aliphatic carbocycles. The maximum Gasteiger partial charge on any atom is 0.146 e. The number of hydrogen-bond donors (Lipinski definition) is 1. The highest BCUT2D eigenvalue weighted by molar-refractivity contribution is 5.46. The van der Waals surface area contributed by atoms with E-state index in [0.29, 0.717) is 11.6 Å². The van der Waals surface area contributed by atoms with Crippen molar-refractivity contribution < 1.29 is 4.39 Å². The Kier molecular flexibility index (Phi) is 4.60. The summed E-state index contributed by atoms with van der Waals surface area (Å²) < 4.78 is 13.4. The lowest BCUT2D eigenvalue weighted by molar-refractivity contribution is 0.517. The van der Waals surface area contributed by atoms with E-state index in [0.717, 1.165) is 24.9 Å². The van der Waals surface area contributed by atoms with Crippen molar-refractivity contribution in [3.63, 3.8) is 0 Å². The number of hydrogen-bond acceptors (Lipinski definition) is 1. The molecule has 0 radical (unpaired) electrons. The molecule has 84 valence electrons. The summed E-state index contributed by atoms with van der Waals surface area (Å²) in [6.07, 6.45) is 2.27. The van der Waals surface area contributed by atoms with Crippen molar-refractivity contribution in [1.29, 1.82) is 0 Å². The normalized spacial score (nSPS) is 10.7. The first-order chi connectivity index (χ1) is 7.17. The van der Waals surface area contributed by atoms with Gasteiger partial charge in [-0.1, -0.05) is 32.8 Å². The second-order valence-electron chi connectivity index (χ2n) is 4.05.